The first-order chi connectivity index (χ1) is 10.2. The van der Waals surface area contributed by atoms with Gasteiger partial charge in [-0.25, -0.2) is 0 Å². The van der Waals surface area contributed by atoms with Gasteiger partial charge in [-0.15, -0.1) is 0 Å². The van der Waals surface area contributed by atoms with E-state index >= 15 is 0 Å². The average Bonchev–Trinajstić information content (AvgIpc) is 2.98. The normalized spacial score (nSPS) is 12.3. The van der Waals surface area contributed by atoms with Crippen LogP contribution in [-0.4, -0.2) is 22.9 Å². The summed E-state index contributed by atoms with van der Waals surface area (Å²) in [4.78, 5) is 0. The molecule has 0 aliphatic carbocycles. The van der Waals surface area contributed by atoms with Gasteiger partial charge in [0.2, 0.25) is 0 Å². The molecule has 0 spiro atoms. The summed E-state index contributed by atoms with van der Waals surface area (Å²) < 4.78 is 7.87. The molecule has 0 aliphatic rings. The molecule has 0 radical (unpaired) electrons. The van der Waals surface area contributed by atoms with Crippen molar-refractivity contribution in [3.05, 3.63) is 47.8 Å². The summed E-state index contributed by atoms with van der Waals surface area (Å²) in [7, 11) is 0. The molecule has 4 nitrogen and oxygen atoms in total. The van der Waals surface area contributed by atoms with E-state index in [2.05, 4.69) is 49.4 Å². The molecule has 0 aliphatic heterocycles. The molecule has 1 heterocycles. The van der Waals surface area contributed by atoms with Gasteiger partial charge in [0.25, 0.3) is 0 Å². The lowest BCUT2D eigenvalue weighted by molar-refractivity contribution is 0.286. The zero-order valence-corrected chi connectivity index (χ0v) is 13.2. The number of benzene rings is 1. The molecule has 0 saturated carbocycles. The van der Waals surface area contributed by atoms with Crippen LogP contribution in [0.15, 0.2) is 36.7 Å². The lowest BCUT2D eigenvalue weighted by Crippen LogP contribution is -2.20. The molecule has 1 atom stereocenters. The molecule has 114 valence electrons. The van der Waals surface area contributed by atoms with Crippen molar-refractivity contribution in [2.75, 3.05) is 13.2 Å². The second kappa shape index (κ2) is 7.84. The summed E-state index contributed by atoms with van der Waals surface area (Å²) in [6.07, 6.45) is 4.87. The van der Waals surface area contributed by atoms with Gasteiger partial charge in [-0.3, -0.25) is 4.68 Å². The molecular weight excluding hydrogens is 262 g/mol. The highest BCUT2D eigenvalue weighted by Gasteiger charge is 2.11. The highest BCUT2D eigenvalue weighted by molar-refractivity contribution is 5.39. The van der Waals surface area contributed by atoms with E-state index in [9.17, 15) is 0 Å². The quantitative estimate of drug-likeness (QED) is 0.809. The van der Waals surface area contributed by atoms with E-state index in [-0.39, 0.29) is 0 Å². The summed E-state index contributed by atoms with van der Waals surface area (Å²) in [5.74, 6) is 0.971. The second-order valence-electron chi connectivity index (χ2n) is 5.33. The maximum atomic E-state index is 5.99. The molecule has 1 aromatic heterocycles. The van der Waals surface area contributed by atoms with Gasteiger partial charge in [-0.2, -0.15) is 5.10 Å². The standard InChI is InChI=1S/C17H25N3O/c1-4-8-18-15(3)16-7-6-14(2)13-17(16)21-12-11-20-10-5-9-19-20/h5-7,9-10,13,15,18H,4,8,11-12H2,1-3H3. The highest BCUT2D eigenvalue weighted by Crippen LogP contribution is 2.26. The van der Waals surface area contributed by atoms with Gasteiger partial charge in [-0.1, -0.05) is 19.1 Å². The van der Waals surface area contributed by atoms with E-state index in [4.69, 9.17) is 4.74 Å². The smallest absolute Gasteiger partial charge is 0.124 e. The van der Waals surface area contributed by atoms with E-state index in [0.29, 0.717) is 12.6 Å². The molecule has 2 rings (SSSR count). The number of aryl methyl sites for hydroxylation is 1. The summed E-state index contributed by atoms with van der Waals surface area (Å²) >= 11 is 0. The molecule has 1 aromatic carbocycles. The summed E-state index contributed by atoms with van der Waals surface area (Å²) in [5, 5.41) is 7.70. The number of nitrogens with zero attached hydrogens (tertiary/aromatic N) is 2. The van der Waals surface area contributed by atoms with Gasteiger partial charge in [-0.05, 0) is 44.5 Å². The summed E-state index contributed by atoms with van der Waals surface area (Å²) in [5.41, 5.74) is 2.44. The first kappa shape index (κ1) is 15.6. The van der Waals surface area contributed by atoms with Gasteiger partial charge in [0.05, 0.1) is 6.54 Å². The third-order valence-corrected chi connectivity index (χ3v) is 3.47. The van der Waals surface area contributed by atoms with Crippen LogP contribution in [0.5, 0.6) is 5.75 Å². The fourth-order valence-electron chi connectivity index (χ4n) is 2.28. The molecule has 0 fully saturated rings. The topological polar surface area (TPSA) is 39.1 Å². The van der Waals surface area contributed by atoms with Crippen molar-refractivity contribution in [1.29, 1.82) is 0 Å². The maximum absolute atomic E-state index is 5.99. The summed E-state index contributed by atoms with van der Waals surface area (Å²) in [6, 6.07) is 8.63. The molecule has 0 amide bonds. The van der Waals surface area contributed by atoms with E-state index in [1.165, 1.54) is 11.1 Å². The Morgan fingerprint density at radius 1 is 1.38 bits per heavy atom. The number of rotatable bonds is 8. The van der Waals surface area contributed by atoms with Crippen molar-refractivity contribution in [3.63, 3.8) is 0 Å². The molecule has 1 N–H and O–H groups in total. The number of hydrogen-bond acceptors (Lipinski definition) is 3. The van der Waals surface area contributed by atoms with Crippen LogP contribution in [0.2, 0.25) is 0 Å². The number of hydrogen-bond donors (Lipinski definition) is 1. The first-order valence-corrected chi connectivity index (χ1v) is 7.65. The zero-order valence-electron chi connectivity index (χ0n) is 13.2. The molecule has 2 aromatic rings. The SMILES string of the molecule is CCCNC(C)c1ccc(C)cc1OCCn1cccn1. The van der Waals surface area contributed by atoms with Gasteiger partial charge < -0.3 is 10.1 Å². The van der Waals surface area contributed by atoms with Gasteiger partial charge >= 0.3 is 0 Å². The van der Waals surface area contributed by atoms with Crippen LogP contribution >= 0.6 is 0 Å². The zero-order chi connectivity index (χ0) is 15.1. The fourth-order valence-corrected chi connectivity index (χ4v) is 2.28. The molecule has 0 bridgehead atoms. The van der Waals surface area contributed by atoms with Gasteiger partial charge in [0.15, 0.2) is 0 Å². The largest absolute Gasteiger partial charge is 0.491 e. The lowest BCUT2D eigenvalue weighted by Gasteiger charge is -2.19. The van der Waals surface area contributed by atoms with Crippen molar-refractivity contribution in [3.8, 4) is 5.75 Å². The summed E-state index contributed by atoms with van der Waals surface area (Å²) in [6.45, 7) is 8.85. The van der Waals surface area contributed by atoms with Crippen molar-refractivity contribution in [1.82, 2.24) is 15.1 Å². The maximum Gasteiger partial charge on any atom is 0.124 e. The second-order valence-corrected chi connectivity index (χ2v) is 5.33. The monoisotopic (exact) mass is 287 g/mol. The van der Waals surface area contributed by atoms with Gasteiger partial charge in [0, 0.05) is 24.0 Å². The Kier molecular flexibility index (Phi) is 5.81. The van der Waals surface area contributed by atoms with Gasteiger partial charge in [0.1, 0.15) is 12.4 Å². The molecule has 21 heavy (non-hydrogen) atoms. The molecule has 0 saturated heterocycles. The average molecular weight is 287 g/mol. The van der Waals surface area contributed by atoms with E-state index in [0.717, 1.165) is 25.3 Å². The minimum Gasteiger partial charge on any atom is -0.491 e. The molecular formula is C17H25N3O. The Bertz CT molecular complexity index is 537. The van der Waals surface area contributed by atoms with Crippen molar-refractivity contribution < 1.29 is 4.74 Å². The van der Waals surface area contributed by atoms with Crippen LogP contribution in [0.1, 0.15) is 37.4 Å². The van der Waals surface area contributed by atoms with Crippen LogP contribution in [0.4, 0.5) is 0 Å². The number of nitrogens with one attached hydrogen (secondary N) is 1. The third kappa shape index (κ3) is 4.60. The third-order valence-electron chi connectivity index (χ3n) is 3.47. The van der Waals surface area contributed by atoms with Crippen molar-refractivity contribution in [2.24, 2.45) is 0 Å². The number of aromatic nitrogens is 2. The molecule has 4 heteroatoms. The van der Waals surface area contributed by atoms with Crippen LogP contribution in [0.25, 0.3) is 0 Å². The predicted octanol–water partition coefficient (Wildman–Crippen LogP) is 3.33. The minimum absolute atomic E-state index is 0.297. The fraction of sp³-hybridized carbons (Fsp3) is 0.471. The van der Waals surface area contributed by atoms with Crippen molar-refractivity contribution in [2.45, 2.75) is 39.8 Å². The van der Waals surface area contributed by atoms with E-state index in [1.807, 2.05) is 16.9 Å². The van der Waals surface area contributed by atoms with Crippen molar-refractivity contribution >= 4 is 0 Å². The molecule has 1 unspecified atom stereocenters. The first-order valence-electron chi connectivity index (χ1n) is 7.65. The van der Waals surface area contributed by atoms with E-state index < -0.39 is 0 Å². The number of ether oxygens (including phenoxy) is 1. The predicted molar refractivity (Wildman–Crippen MR) is 85.6 cm³/mol. The Hall–Kier alpha value is -1.81. The highest BCUT2D eigenvalue weighted by atomic mass is 16.5. The van der Waals surface area contributed by atoms with Crippen LogP contribution in [-0.2, 0) is 6.54 Å². The Morgan fingerprint density at radius 3 is 2.95 bits per heavy atom. The van der Waals surface area contributed by atoms with E-state index in [1.54, 1.807) is 6.20 Å². The Balaban J connectivity index is 2.00. The Morgan fingerprint density at radius 2 is 2.24 bits per heavy atom. The van der Waals surface area contributed by atoms with Crippen LogP contribution < -0.4 is 10.1 Å². The Labute approximate surface area is 127 Å². The van der Waals surface area contributed by atoms with Crippen LogP contribution in [0, 0.1) is 6.92 Å². The van der Waals surface area contributed by atoms with Crippen LogP contribution in [0.3, 0.4) is 0 Å². The lowest BCUT2D eigenvalue weighted by atomic mass is 10.0. The minimum atomic E-state index is 0.297.